The van der Waals surface area contributed by atoms with Gasteiger partial charge in [0.1, 0.15) is 22.1 Å². The van der Waals surface area contributed by atoms with Gasteiger partial charge in [-0.2, -0.15) is 0 Å². The maximum absolute atomic E-state index is 13.1. The third-order valence-corrected chi connectivity index (χ3v) is 9.37. The number of hydrogen-bond acceptors (Lipinski definition) is 8. The molecule has 8 nitrogen and oxygen atoms in total. The molecule has 0 amide bonds. The van der Waals surface area contributed by atoms with E-state index in [-0.39, 0.29) is 16.2 Å². The molecule has 1 fully saturated rings. The van der Waals surface area contributed by atoms with E-state index in [1.807, 2.05) is 12.1 Å². The van der Waals surface area contributed by atoms with Crippen LogP contribution in [0.15, 0.2) is 64.0 Å². The highest BCUT2D eigenvalue weighted by atomic mass is 35.5. The van der Waals surface area contributed by atoms with Crippen molar-refractivity contribution in [2.45, 2.75) is 23.5 Å². The van der Waals surface area contributed by atoms with Crippen LogP contribution in [0, 0.1) is 0 Å². The first-order valence-electron chi connectivity index (χ1n) is 11.0. The van der Waals surface area contributed by atoms with Crippen LogP contribution >= 0.6 is 22.9 Å². The van der Waals surface area contributed by atoms with E-state index in [2.05, 4.69) is 14.9 Å². The molecule has 3 aromatic heterocycles. The Morgan fingerprint density at radius 2 is 1.86 bits per heavy atom. The first kappa shape index (κ1) is 23.7. The summed E-state index contributed by atoms with van der Waals surface area (Å²) in [6.45, 7) is 2.02. The minimum Gasteiger partial charge on any atom is -0.371 e. The van der Waals surface area contributed by atoms with Crippen molar-refractivity contribution < 1.29 is 13.2 Å². The topological polar surface area (TPSA) is 102 Å². The average Bonchev–Trinajstić information content (AvgIpc) is 3.52. The van der Waals surface area contributed by atoms with Gasteiger partial charge in [-0.3, -0.25) is 14.2 Å². The van der Waals surface area contributed by atoms with Crippen LogP contribution in [0.3, 0.4) is 0 Å². The number of benzene rings is 1. The lowest BCUT2D eigenvalue weighted by Gasteiger charge is -2.17. The number of ketones is 1. The van der Waals surface area contributed by atoms with Crippen LogP contribution in [0.25, 0.3) is 16.7 Å². The van der Waals surface area contributed by atoms with Gasteiger partial charge in [-0.25, -0.2) is 18.4 Å². The van der Waals surface area contributed by atoms with Gasteiger partial charge in [0.05, 0.1) is 15.2 Å². The number of Topliss-reactive ketones (excluding diaryl/α,β-unsaturated/α-hetero) is 1. The fourth-order valence-corrected chi connectivity index (χ4v) is 6.95. The second-order valence-corrected chi connectivity index (χ2v) is 12.3. The molecular weight excluding hydrogens is 508 g/mol. The summed E-state index contributed by atoms with van der Waals surface area (Å²) in [6, 6.07) is 11.8. The molecule has 4 aromatic rings. The lowest BCUT2D eigenvalue weighted by molar-refractivity contribution is -0.116. The Morgan fingerprint density at radius 3 is 2.54 bits per heavy atom. The summed E-state index contributed by atoms with van der Waals surface area (Å²) in [4.78, 5) is 36.5. The number of fused-ring (bicyclic) bond motifs is 1. The van der Waals surface area contributed by atoms with E-state index < -0.39 is 21.4 Å². The molecule has 5 rings (SSSR count). The predicted octanol–water partition coefficient (Wildman–Crippen LogP) is 3.68. The molecule has 11 heteroatoms. The number of hydrogen-bond donors (Lipinski definition) is 0. The molecule has 0 bridgehead atoms. The largest absolute Gasteiger partial charge is 0.371 e. The minimum absolute atomic E-state index is 0.0695. The number of thiophene rings is 1. The molecule has 35 heavy (non-hydrogen) atoms. The zero-order chi connectivity index (χ0) is 24.6. The van der Waals surface area contributed by atoms with Gasteiger partial charge in [-0.15, -0.1) is 11.3 Å². The number of aromatic nitrogens is 3. The molecule has 0 radical (unpaired) electrons. The van der Waals surface area contributed by atoms with Gasteiger partial charge < -0.3 is 4.90 Å². The van der Waals surface area contributed by atoms with Crippen molar-refractivity contribution in [2.75, 3.05) is 23.7 Å². The zero-order valence-corrected chi connectivity index (χ0v) is 20.9. The monoisotopic (exact) mass is 528 g/mol. The van der Waals surface area contributed by atoms with Crippen LogP contribution in [0.4, 0.5) is 5.69 Å². The molecule has 1 aromatic carbocycles. The summed E-state index contributed by atoms with van der Waals surface area (Å²) in [5.41, 5.74) is 2.01. The molecule has 0 spiro atoms. The van der Waals surface area contributed by atoms with Crippen molar-refractivity contribution in [3.05, 3.63) is 75.2 Å². The van der Waals surface area contributed by atoms with Gasteiger partial charge >= 0.3 is 0 Å². The maximum Gasteiger partial charge on any atom is 0.266 e. The standard InChI is InChI=1S/C24H21ClN4O4S2/c25-21-6-8-23(34-21)35(32,33)14-18(30)11-16-3-7-22(26-13-16)29-15-27-20-12-17(28-9-1-2-10-28)4-5-19(20)24(29)31/h3-8,12-13,15H,1-2,9-11,14H2. The molecule has 4 heterocycles. The molecule has 0 unspecified atom stereocenters. The summed E-state index contributed by atoms with van der Waals surface area (Å²) in [5, 5.41) is 0.496. The van der Waals surface area contributed by atoms with Crippen molar-refractivity contribution >= 4 is 55.1 Å². The normalized spacial score (nSPS) is 14.0. The van der Waals surface area contributed by atoms with Gasteiger partial charge in [0, 0.05) is 31.4 Å². The van der Waals surface area contributed by atoms with Crippen LogP contribution < -0.4 is 10.5 Å². The Kier molecular flexibility index (Phi) is 6.43. The zero-order valence-electron chi connectivity index (χ0n) is 18.6. The minimum atomic E-state index is -3.74. The molecule has 180 valence electrons. The number of rotatable bonds is 7. The summed E-state index contributed by atoms with van der Waals surface area (Å²) >= 11 is 6.73. The number of carbonyl (C=O) groups excluding carboxylic acids is 1. The van der Waals surface area contributed by atoms with Gasteiger partial charge in [0.2, 0.25) is 0 Å². The van der Waals surface area contributed by atoms with Gasteiger partial charge in [0.15, 0.2) is 15.6 Å². The Labute approximate surface area is 210 Å². The van der Waals surface area contributed by atoms with Gasteiger partial charge in [-0.1, -0.05) is 17.7 Å². The predicted molar refractivity (Wildman–Crippen MR) is 137 cm³/mol. The number of anilines is 1. The summed E-state index contributed by atoms with van der Waals surface area (Å²) in [5.74, 6) is -0.702. The van der Waals surface area contributed by atoms with E-state index in [9.17, 15) is 18.0 Å². The average molecular weight is 529 g/mol. The molecule has 0 atom stereocenters. The Morgan fingerprint density at radius 1 is 1.06 bits per heavy atom. The number of sulfone groups is 1. The van der Waals surface area contributed by atoms with Crippen molar-refractivity contribution in [2.24, 2.45) is 0 Å². The lowest BCUT2D eigenvalue weighted by Crippen LogP contribution is -2.21. The third-order valence-electron chi connectivity index (χ3n) is 5.88. The Hall–Kier alpha value is -3.08. The second-order valence-electron chi connectivity index (χ2n) is 8.37. The molecule has 1 saturated heterocycles. The van der Waals surface area contributed by atoms with E-state index in [4.69, 9.17) is 11.6 Å². The van der Waals surface area contributed by atoms with Crippen molar-refractivity contribution in [3.8, 4) is 5.82 Å². The third kappa shape index (κ3) is 5.00. The van der Waals surface area contributed by atoms with E-state index in [0.29, 0.717) is 26.6 Å². The molecule has 1 aliphatic rings. The summed E-state index contributed by atoms with van der Waals surface area (Å²) < 4.78 is 26.6. The van der Waals surface area contributed by atoms with E-state index >= 15 is 0 Å². The van der Waals surface area contributed by atoms with Crippen molar-refractivity contribution in [1.29, 1.82) is 0 Å². The van der Waals surface area contributed by atoms with Crippen LogP contribution in [-0.2, 0) is 21.1 Å². The van der Waals surface area contributed by atoms with Crippen LogP contribution in [0.5, 0.6) is 0 Å². The first-order valence-corrected chi connectivity index (χ1v) is 13.9. The fourth-order valence-electron chi connectivity index (χ4n) is 4.14. The molecule has 0 N–H and O–H groups in total. The van der Waals surface area contributed by atoms with Crippen molar-refractivity contribution in [1.82, 2.24) is 14.5 Å². The van der Waals surface area contributed by atoms with E-state index in [1.54, 1.807) is 18.2 Å². The molecule has 0 saturated carbocycles. The highest BCUT2D eigenvalue weighted by Gasteiger charge is 2.21. The number of carbonyl (C=O) groups is 1. The van der Waals surface area contributed by atoms with Crippen LogP contribution in [0.1, 0.15) is 18.4 Å². The Balaban J connectivity index is 1.32. The number of nitrogens with zero attached hydrogens (tertiary/aromatic N) is 4. The van der Waals surface area contributed by atoms with Crippen LogP contribution in [0.2, 0.25) is 4.34 Å². The summed E-state index contributed by atoms with van der Waals surface area (Å²) in [7, 11) is -3.74. The summed E-state index contributed by atoms with van der Waals surface area (Å²) in [6.07, 6.45) is 5.16. The first-order chi connectivity index (χ1) is 16.8. The number of halogens is 1. The van der Waals surface area contributed by atoms with Crippen LogP contribution in [-0.4, -0.2) is 47.6 Å². The highest BCUT2D eigenvalue weighted by Crippen LogP contribution is 2.27. The number of pyridine rings is 1. The molecule has 0 aliphatic carbocycles. The van der Waals surface area contributed by atoms with Gasteiger partial charge in [-0.05, 0) is 54.8 Å². The van der Waals surface area contributed by atoms with E-state index in [1.165, 1.54) is 42.1 Å². The second kappa shape index (κ2) is 9.52. The fraction of sp³-hybridized carbons (Fsp3) is 0.250. The smallest absolute Gasteiger partial charge is 0.266 e. The van der Waals surface area contributed by atoms with E-state index in [0.717, 1.165) is 30.1 Å². The molecule has 1 aliphatic heterocycles. The van der Waals surface area contributed by atoms with Crippen molar-refractivity contribution in [3.63, 3.8) is 0 Å². The van der Waals surface area contributed by atoms with Gasteiger partial charge in [0.25, 0.3) is 5.56 Å². The lowest BCUT2D eigenvalue weighted by atomic mass is 10.1. The maximum atomic E-state index is 13.1. The SMILES string of the molecule is O=C(Cc1ccc(-n2cnc3cc(N4CCCC4)ccc3c2=O)nc1)CS(=O)(=O)c1ccc(Cl)s1. The highest BCUT2D eigenvalue weighted by molar-refractivity contribution is 7.94. The molecular formula is C24H21ClN4O4S2. The quantitative estimate of drug-likeness (QED) is 0.360. The Bertz CT molecular complexity index is 1570.